The number of hydrogen-bond acceptors (Lipinski definition) is 1. The van der Waals surface area contributed by atoms with Crippen LogP contribution in [0.2, 0.25) is 0 Å². The fraction of sp³-hybridized carbons (Fsp3) is 1.00. The maximum Gasteiger partial charge on any atom is 0.00388 e. The molecule has 0 saturated carbocycles. The highest BCUT2D eigenvalue weighted by Crippen LogP contribution is 2.10. The summed E-state index contributed by atoms with van der Waals surface area (Å²) in [7, 11) is 0. The van der Waals surface area contributed by atoms with Gasteiger partial charge in [-0.1, -0.05) is 65.2 Å². The largest absolute Gasteiger partial charge is 0.328 e. The lowest BCUT2D eigenvalue weighted by atomic mass is 10.0. The van der Waals surface area contributed by atoms with Crippen LogP contribution in [0, 0.1) is 0 Å². The Hall–Kier alpha value is -0.0400. The molecule has 0 aromatic heterocycles. The molecule has 0 aliphatic heterocycles. The van der Waals surface area contributed by atoms with E-state index in [2.05, 4.69) is 13.8 Å². The highest BCUT2D eigenvalue weighted by atomic mass is 14.6. The van der Waals surface area contributed by atoms with E-state index < -0.39 is 0 Å². The third-order valence-electron chi connectivity index (χ3n) is 2.86. The molecular formula is C13H29N. The Morgan fingerprint density at radius 3 is 1.71 bits per heavy atom. The molecule has 0 fully saturated rings. The number of rotatable bonds is 10. The first-order chi connectivity index (χ1) is 6.81. The van der Waals surface area contributed by atoms with Crippen LogP contribution in [0.15, 0.2) is 0 Å². The molecule has 0 aliphatic rings. The van der Waals surface area contributed by atoms with E-state index in [1.165, 1.54) is 64.2 Å². The smallest absolute Gasteiger partial charge is 0.00388 e. The Morgan fingerprint density at radius 2 is 1.14 bits per heavy atom. The lowest BCUT2D eigenvalue weighted by molar-refractivity contribution is 0.494. The maximum atomic E-state index is 6.03. The van der Waals surface area contributed by atoms with Crippen molar-refractivity contribution in [3.63, 3.8) is 0 Å². The van der Waals surface area contributed by atoms with Crippen molar-refractivity contribution < 1.29 is 0 Å². The van der Waals surface area contributed by atoms with Gasteiger partial charge in [0.25, 0.3) is 0 Å². The quantitative estimate of drug-likeness (QED) is 0.523. The van der Waals surface area contributed by atoms with E-state index in [1.54, 1.807) is 0 Å². The van der Waals surface area contributed by atoms with Crippen molar-refractivity contribution in [3.8, 4) is 0 Å². The minimum atomic E-state index is 0.475. The van der Waals surface area contributed by atoms with E-state index in [1.807, 2.05) is 0 Å². The molecule has 1 atom stereocenters. The second-order valence-electron chi connectivity index (χ2n) is 4.46. The Morgan fingerprint density at radius 1 is 0.714 bits per heavy atom. The van der Waals surface area contributed by atoms with Crippen molar-refractivity contribution >= 4 is 0 Å². The molecule has 0 aliphatic carbocycles. The van der Waals surface area contributed by atoms with E-state index in [0.717, 1.165) is 0 Å². The molecule has 0 amide bonds. The van der Waals surface area contributed by atoms with Gasteiger partial charge in [-0.2, -0.15) is 0 Å². The summed E-state index contributed by atoms with van der Waals surface area (Å²) in [5.41, 5.74) is 6.03. The van der Waals surface area contributed by atoms with Gasteiger partial charge in [-0.15, -0.1) is 0 Å². The van der Waals surface area contributed by atoms with Crippen molar-refractivity contribution in [3.05, 3.63) is 0 Å². The lowest BCUT2D eigenvalue weighted by Crippen LogP contribution is -2.19. The van der Waals surface area contributed by atoms with Crippen LogP contribution in [-0.2, 0) is 0 Å². The molecule has 1 nitrogen and oxygen atoms in total. The van der Waals surface area contributed by atoms with Gasteiger partial charge in [0.1, 0.15) is 0 Å². The standard InChI is InChI=1S/C13H29N/c1-3-5-7-8-10-12-13(14)11-9-6-4-2/h13H,3-12,14H2,1-2H3. The number of unbranched alkanes of at least 4 members (excludes halogenated alkanes) is 6. The maximum absolute atomic E-state index is 6.03. The van der Waals surface area contributed by atoms with Crippen molar-refractivity contribution in [2.24, 2.45) is 5.73 Å². The molecule has 14 heavy (non-hydrogen) atoms. The van der Waals surface area contributed by atoms with E-state index in [9.17, 15) is 0 Å². The van der Waals surface area contributed by atoms with Gasteiger partial charge in [0.05, 0.1) is 0 Å². The molecule has 1 heteroatoms. The zero-order valence-corrected chi connectivity index (χ0v) is 10.2. The molecule has 2 N–H and O–H groups in total. The Labute approximate surface area is 90.5 Å². The fourth-order valence-electron chi connectivity index (χ4n) is 1.81. The van der Waals surface area contributed by atoms with E-state index in [4.69, 9.17) is 5.73 Å². The molecule has 0 aromatic carbocycles. The van der Waals surface area contributed by atoms with Crippen LogP contribution >= 0.6 is 0 Å². The average Bonchev–Trinajstić information content (AvgIpc) is 2.18. The van der Waals surface area contributed by atoms with Crippen LogP contribution in [-0.4, -0.2) is 6.04 Å². The van der Waals surface area contributed by atoms with Crippen molar-refractivity contribution in [2.75, 3.05) is 0 Å². The van der Waals surface area contributed by atoms with Crippen LogP contribution in [0.4, 0.5) is 0 Å². The van der Waals surface area contributed by atoms with Gasteiger partial charge in [0, 0.05) is 6.04 Å². The summed E-state index contributed by atoms with van der Waals surface area (Å²) in [6.45, 7) is 4.51. The predicted octanol–water partition coefficient (Wildman–Crippen LogP) is 4.25. The third kappa shape index (κ3) is 10.0. The summed E-state index contributed by atoms with van der Waals surface area (Å²) in [6, 6.07) is 0.475. The van der Waals surface area contributed by atoms with Crippen LogP contribution in [0.3, 0.4) is 0 Å². The third-order valence-corrected chi connectivity index (χ3v) is 2.86. The fourth-order valence-corrected chi connectivity index (χ4v) is 1.81. The van der Waals surface area contributed by atoms with Crippen LogP contribution in [0.1, 0.15) is 78.1 Å². The van der Waals surface area contributed by atoms with Crippen molar-refractivity contribution in [2.45, 2.75) is 84.1 Å². The summed E-state index contributed by atoms with van der Waals surface area (Å²) in [6.07, 6.45) is 13.3. The van der Waals surface area contributed by atoms with Gasteiger partial charge in [0.15, 0.2) is 0 Å². The summed E-state index contributed by atoms with van der Waals surface area (Å²) < 4.78 is 0. The first kappa shape index (κ1) is 14.0. The van der Waals surface area contributed by atoms with Crippen LogP contribution in [0.25, 0.3) is 0 Å². The zero-order valence-electron chi connectivity index (χ0n) is 10.2. The Bertz CT molecular complexity index is 101. The molecule has 0 bridgehead atoms. The van der Waals surface area contributed by atoms with E-state index >= 15 is 0 Å². The van der Waals surface area contributed by atoms with Gasteiger partial charge >= 0.3 is 0 Å². The first-order valence-corrected chi connectivity index (χ1v) is 6.56. The van der Waals surface area contributed by atoms with E-state index in [-0.39, 0.29) is 0 Å². The Kier molecular flexibility index (Phi) is 11.0. The molecule has 1 unspecified atom stereocenters. The van der Waals surface area contributed by atoms with Crippen molar-refractivity contribution in [1.82, 2.24) is 0 Å². The molecule has 86 valence electrons. The molecule has 0 saturated heterocycles. The number of nitrogens with two attached hydrogens (primary N) is 1. The van der Waals surface area contributed by atoms with Crippen molar-refractivity contribution in [1.29, 1.82) is 0 Å². The monoisotopic (exact) mass is 199 g/mol. The summed E-state index contributed by atoms with van der Waals surface area (Å²) in [5.74, 6) is 0. The highest BCUT2D eigenvalue weighted by Gasteiger charge is 2.01. The van der Waals surface area contributed by atoms with Gasteiger partial charge < -0.3 is 5.73 Å². The molecule has 0 spiro atoms. The zero-order chi connectivity index (χ0) is 10.6. The number of hydrogen-bond donors (Lipinski definition) is 1. The summed E-state index contributed by atoms with van der Waals surface area (Å²) in [4.78, 5) is 0. The second-order valence-corrected chi connectivity index (χ2v) is 4.46. The van der Waals surface area contributed by atoms with Gasteiger partial charge in [-0.25, -0.2) is 0 Å². The normalized spacial score (nSPS) is 13.1. The van der Waals surface area contributed by atoms with Gasteiger partial charge in [-0.05, 0) is 12.8 Å². The Balaban J connectivity index is 3.06. The molecule has 0 heterocycles. The topological polar surface area (TPSA) is 26.0 Å². The highest BCUT2D eigenvalue weighted by molar-refractivity contribution is 4.61. The first-order valence-electron chi connectivity index (χ1n) is 6.56. The molecule has 0 rings (SSSR count). The van der Waals surface area contributed by atoms with E-state index in [0.29, 0.717) is 6.04 Å². The summed E-state index contributed by atoms with van der Waals surface area (Å²) in [5, 5.41) is 0. The SMILES string of the molecule is CCCCCCCC(N)CCCCC. The van der Waals surface area contributed by atoms with Gasteiger partial charge in [-0.3, -0.25) is 0 Å². The van der Waals surface area contributed by atoms with Crippen LogP contribution in [0.5, 0.6) is 0 Å². The predicted molar refractivity (Wildman–Crippen MR) is 65.5 cm³/mol. The second kappa shape index (κ2) is 11.0. The van der Waals surface area contributed by atoms with Gasteiger partial charge in [0.2, 0.25) is 0 Å². The summed E-state index contributed by atoms with van der Waals surface area (Å²) >= 11 is 0. The molecule has 0 aromatic rings. The average molecular weight is 199 g/mol. The molecule has 0 radical (unpaired) electrons. The van der Waals surface area contributed by atoms with Crippen LogP contribution < -0.4 is 5.73 Å². The minimum Gasteiger partial charge on any atom is -0.328 e. The molecular weight excluding hydrogens is 170 g/mol. The minimum absolute atomic E-state index is 0.475. The lowest BCUT2D eigenvalue weighted by Gasteiger charge is -2.10.